The highest BCUT2D eigenvalue weighted by molar-refractivity contribution is 7.11. The van der Waals surface area contributed by atoms with E-state index in [9.17, 15) is 4.79 Å². The molecule has 1 aliphatic carbocycles. The number of hydrogen-bond acceptors (Lipinski definition) is 6. The van der Waals surface area contributed by atoms with Crippen LogP contribution in [0.3, 0.4) is 0 Å². The van der Waals surface area contributed by atoms with Gasteiger partial charge in [0.05, 0.1) is 16.9 Å². The van der Waals surface area contributed by atoms with E-state index in [4.69, 9.17) is 4.98 Å². The summed E-state index contributed by atoms with van der Waals surface area (Å²) in [6.07, 6.45) is 6.14. The van der Waals surface area contributed by atoms with Gasteiger partial charge in [0.25, 0.3) is 5.91 Å². The predicted octanol–water partition coefficient (Wildman–Crippen LogP) is 2.43. The maximum absolute atomic E-state index is 13.0. The van der Waals surface area contributed by atoms with Crippen molar-refractivity contribution in [2.24, 2.45) is 0 Å². The summed E-state index contributed by atoms with van der Waals surface area (Å²) in [4.78, 5) is 31.3. The summed E-state index contributed by atoms with van der Waals surface area (Å²) in [5.41, 5.74) is 4.97. The molecule has 1 aliphatic heterocycles. The quantitative estimate of drug-likeness (QED) is 0.826. The Morgan fingerprint density at radius 1 is 1.32 bits per heavy atom. The number of piperidine rings is 1. The third-order valence-corrected chi connectivity index (χ3v) is 6.35. The molecule has 0 bridgehead atoms. The molecule has 0 aromatic carbocycles. The van der Waals surface area contributed by atoms with E-state index in [0.29, 0.717) is 0 Å². The molecule has 25 heavy (non-hydrogen) atoms. The first-order chi connectivity index (χ1) is 12.0. The molecule has 1 unspecified atom stereocenters. The van der Waals surface area contributed by atoms with Crippen LogP contribution in [0.15, 0.2) is 11.7 Å². The molecule has 1 amide bonds. The van der Waals surface area contributed by atoms with Crippen molar-refractivity contribution in [2.45, 2.75) is 38.0 Å². The fraction of sp³-hybridized carbons (Fsp3) is 0.556. The van der Waals surface area contributed by atoms with Gasteiger partial charge >= 0.3 is 0 Å². The summed E-state index contributed by atoms with van der Waals surface area (Å²) >= 11 is 1.44. The molecular formula is C18H23N5OS. The molecule has 1 atom stereocenters. The molecule has 7 heteroatoms. The zero-order chi connectivity index (χ0) is 17.6. The molecule has 2 aromatic heterocycles. The normalized spacial score (nSPS) is 22.3. The highest BCUT2D eigenvalue weighted by Gasteiger charge is 2.45. The summed E-state index contributed by atoms with van der Waals surface area (Å²) in [7, 11) is 3.93. The molecule has 6 nitrogen and oxygen atoms in total. The van der Waals surface area contributed by atoms with Gasteiger partial charge in [-0.2, -0.15) is 0 Å². The summed E-state index contributed by atoms with van der Waals surface area (Å²) < 4.78 is 0. The zero-order valence-corrected chi connectivity index (χ0v) is 15.8. The Morgan fingerprint density at radius 3 is 2.88 bits per heavy atom. The topological polar surface area (TPSA) is 62.2 Å². The monoisotopic (exact) mass is 357 g/mol. The van der Waals surface area contributed by atoms with Gasteiger partial charge in [-0.15, -0.1) is 11.3 Å². The van der Waals surface area contributed by atoms with Gasteiger partial charge in [0, 0.05) is 38.8 Å². The van der Waals surface area contributed by atoms with Crippen molar-refractivity contribution in [3.63, 3.8) is 0 Å². The van der Waals surface area contributed by atoms with Crippen LogP contribution < -0.4 is 4.90 Å². The van der Waals surface area contributed by atoms with Gasteiger partial charge in [0.15, 0.2) is 0 Å². The van der Waals surface area contributed by atoms with Crippen LogP contribution in [0.1, 0.15) is 45.9 Å². The molecule has 1 saturated heterocycles. The predicted molar refractivity (Wildman–Crippen MR) is 98.3 cm³/mol. The number of rotatable bonds is 2. The lowest BCUT2D eigenvalue weighted by Crippen LogP contribution is -2.48. The van der Waals surface area contributed by atoms with Crippen molar-refractivity contribution >= 4 is 23.2 Å². The van der Waals surface area contributed by atoms with Gasteiger partial charge in [-0.3, -0.25) is 4.79 Å². The number of amides is 1. The number of carbonyl (C=O) groups is 1. The van der Waals surface area contributed by atoms with Crippen molar-refractivity contribution in [3.8, 4) is 0 Å². The zero-order valence-electron chi connectivity index (χ0n) is 14.9. The fourth-order valence-electron chi connectivity index (χ4n) is 4.10. The second-order valence-electron chi connectivity index (χ2n) is 7.32. The second-order valence-corrected chi connectivity index (χ2v) is 8.17. The van der Waals surface area contributed by atoms with E-state index in [1.54, 1.807) is 5.51 Å². The molecule has 1 fully saturated rings. The molecule has 0 saturated carbocycles. The van der Waals surface area contributed by atoms with E-state index in [0.717, 1.165) is 61.0 Å². The number of thiazole rings is 1. The third kappa shape index (κ3) is 2.70. The molecule has 2 aliphatic rings. The maximum Gasteiger partial charge on any atom is 0.265 e. The molecule has 132 valence electrons. The van der Waals surface area contributed by atoms with Crippen LogP contribution in [0.4, 0.5) is 5.95 Å². The lowest BCUT2D eigenvalue weighted by Gasteiger charge is -2.40. The van der Waals surface area contributed by atoms with Crippen molar-refractivity contribution in [1.29, 1.82) is 0 Å². The van der Waals surface area contributed by atoms with Crippen molar-refractivity contribution in [1.82, 2.24) is 19.9 Å². The molecule has 1 spiro atoms. The summed E-state index contributed by atoms with van der Waals surface area (Å²) in [6.45, 7) is 3.48. The second kappa shape index (κ2) is 6.05. The number of anilines is 1. The SMILES string of the molecule is Cc1ncsc1C(=O)N1CCCC2(CCc3cnc(N(C)C)nc32)C1. The van der Waals surface area contributed by atoms with Gasteiger partial charge in [0.1, 0.15) is 4.88 Å². The first kappa shape index (κ1) is 16.4. The summed E-state index contributed by atoms with van der Waals surface area (Å²) in [6, 6.07) is 0. The fourth-order valence-corrected chi connectivity index (χ4v) is 4.87. The smallest absolute Gasteiger partial charge is 0.265 e. The molecule has 3 heterocycles. The van der Waals surface area contributed by atoms with Crippen LogP contribution in [-0.2, 0) is 11.8 Å². The molecule has 4 rings (SSSR count). The average Bonchev–Trinajstić information content (AvgIpc) is 3.19. The minimum absolute atomic E-state index is 0.0183. The number of fused-ring (bicyclic) bond motifs is 2. The minimum atomic E-state index is -0.0183. The van der Waals surface area contributed by atoms with Crippen molar-refractivity contribution in [3.05, 3.63) is 33.5 Å². The third-order valence-electron chi connectivity index (χ3n) is 5.43. The van der Waals surface area contributed by atoms with E-state index in [1.807, 2.05) is 37.0 Å². The Kier molecular flexibility index (Phi) is 3.98. The first-order valence-corrected chi connectivity index (χ1v) is 9.61. The van der Waals surface area contributed by atoms with Crippen LogP contribution in [0.25, 0.3) is 0 Å². The highest BCUT2D eigenvalue weighted by Crippen LogP contribution is 2.44. The molecule has 0 radical (unpaired) electrons. The molecule has 0 N–H and O–H groups in total. The minimum Gasteiger partial charge on any atom is -0.347 e. The number of hydrogen-bond donors (Lipinski definition) is 0. The summed E-state index contributed by atoms with van der Waals surface area (Å²) in [5, 5.41) is 0. The summed E-state index contributed by atoms with van der Waals surface area (Å²) in [5.74, 6) is 0.871. The van der Waals surface area contributed by atoms with Gasteiger partial charge in [0.2, 0.25) is 5.95 Å². The Labute approximate surface area is 151 Å². The first-order valence-electron chi connectivity index (χ1n) is 8.73. The van der Waals surface area contributed by atoms with Crippen LogP contribution in [0, 0.1) is 6.92 Å². The van der Waals surface area contributed by atoms with E-state index in [-0.39, 0.29) is 11.3 Å². The van der Waals surface area contributed by atoms with E-state index in [1.165, 1.54) is 16.9 Å². The lowest BCUT2D eigenvalue weighted by molar-refractivity contribution is 0.0637. The number of aromatic nitrogens is 3. The van der Waals surface area contributed by atoms with Gasteiger partial charge in [-0.05, 0) is 38.2 Å². The van der Waals surface area contributed by atoms with Gasteiger partial charge in [-0.1, -0.05) is 0 Å². The van der Waals surface area contributed by atoms with Gasteiger partial charge in [-0.25, -0.2) is 15.0 Å². The highest BCUT2D eigenvalue weighted by atomic mass is 32.1. The van der Waals surface area contributed by atoms with Crippen LogP contribution >= 0.6 is 11.3 Å². The number of nitrogens with zero attached hydrogens (tertiary/aromatic N) is 5. The van der Waals surface area contributed by atoms with E-state index in [2.05, 4.69) is 9.97 Å². The maximum atomic E-state index is 13.0. The van der Waals surface area contributed by atoms with Crippen LogP contribution in [-0.4, -0.2) is 52.9 Å². The standard InChI is InChI=1S/C18H23N5OS/c1-12-14(25-11-20-12)16(24)23-8-4-6-18(10-23)7-5-13-9-19-17(22(2)3)21-15(13)18/h9,11H,4-8,10H2,1-3H3. The Morgan fingerprint density at radius 2 is 2.16 bits per heavy atom. The Bertz CT molecular complexity index is 814. The van der Waals surface area contributed by atoms with Gasteiger partial charge < -0.3 is 9.80 Å². The van der Waals surface area contributed by atoms with Crippen LogP contribution in [0.5, 0.6) is 0 Å². The lowest BCUT2D eigenvalue weighted by atomic mass is 9.77. The Balaban J connectivity index is 1.65. The van der Waals surface area contributed by atoms with E-state index >= 15 is 0 Å². The number of aryl methyl sites for hydroxylation is 2. The Hall–Kier alpha value is -2.02. The average molecular weight is 357 g/mol. The van der Waals surface area contributed by atoms with Crippen molar-refractivity contribution < 1.29 is 4.79 Å². The van der Waals surface area contributed by atoms with E-state index < -0.39 is 0 Å². The number of carbonyl (C=O) groups excluding carboxylic acids is 1. The number of likely N-dealkylation sites (tertiary alicyclic amines) is 1. The molecule has 2 aromatic rings. The largest absolute Gasteiger partial charge is 0.347 e. The van der Waals surface area contributed by atoms with Crippen molar-refractivity contribution in [2.75, 3.05) is 32.1 Å². The molecular weight excluding hydrogens is 334 g/mol. The van der Waals surface area contributed by atoms with Crippen LogP contribution in [0.2, 0.25) is 0 Å².